The molecule has 172 valence electrons. The Morgan fingerprint density at radius 1 is 1.00 bits per heavy atom. The SMILES string of the molecule is CCC[CH2][Sn]([CH2]CCC)([CH2]CCCCCn1c[c-][n+](CC)c1)[c]1cccc(C(=O)O)c1. The van der Waals surface area contributed by atoms with Crippen molar-refractivity contribution in [1.29, 1.82) is 0 Å². The van der Waals surface area contributed by atoms with Crippen LogP contribution in [0.3, 0.4) is 0 Å². The number of carbonyl (C=O) groups is 1. The standard InChI is InChI=1S/C11H19N2.C7H5O2.2C4H9.Sn/c1-3-5-6-7-8-13-10-9-12(4-2)11-13;8-7(9)6-4-2-1-3-5-6;2*1-3-4-2;/h10-11H,1,3-8H2,2H3;1-2,4-5H,(H,8,9);2*1,3-4H2,2H3;. The van der Waals surface area contributed by atoms with Crippen LogP contribution in [0, 0.1) is 6.20 Å². The number of aryl methyl sites for hydroxylation is 2. The van der Waals surface area contributed by atoms with Crippen LogP contribution in [-0.2, 0) is 13.1 Å². The summed E-state index contributed by atoms with van der Waals surface area (Å²) in [6.07, 6.45) is 17.6. The van der Waals surface area contributed by atoms with E-state index in [0.29, 0.717) is 5.56 Å². The Hall–Kier alpha value is -1.30. The van der Waals surface area contributed by atoms with Crippen LogP contribution in [0.25, 0.3) is 0 Å². The number of rotatable bonds is 16. The summed E-state index contributed by atoms with van der Waals surface area (Å²) < 4.78 is 9.88. The normalized spacial score (nSPS) is 11.7. The molecule has 0 saturated carbocycles. The Balaban J connectivity index is 2.00. The van der Waals surface area contributed by atoms with E-state index in [1.807, 2.05) is 12.1 Å². The van der Waals surface area contributed by atoms with Crippen LogP contribution in [0.2, 0.25) is 13.3 Å². The summed E-state index contributed by atoms with van der Waals surface area (Å²) in [5.41, 5.74) is 0.472. The third-order valence-corrected chi connectivity index (χ3v) is 22.2. The van der Waals surface area contributed by atoms with Crippen LogP contribution in [0.1, 0.15) is 82.5 Å². The van der Waals surface area contributed by atoms with Crippen molar-refractivity contribution in [2.75, 3.05) is 0 Å². The molecule has 0 aliphatic heterocycles. The molecule has 0 unspecified atom stereocenters. The van der Waals surface area contributed by atoms with Gasteiger partial charge in [-0.2, -0.15) is 0 Å². The molecule has 0 aliphatic carbocycles. The molecule has 0 aliphatic rings. The summed E-state index contributed by atoms with van der Waals surface area (Å²) in [4.78, 5) is 11.6. The zero-order chi connectivity index (χ0) is 22.5. The zero-order valence-corrected chi connectivity index (χ0v) is 22.8. The average Bonchev–Trinajstić information content (AvgIpc) is 3.25. The van der Waals surface area contributed by atoms with Gasteiger partial charge < -0.3 is 0 Å². The predicted octanol–water partition coefficient (Wildman–Crippen LogP) is 5.81. The molecule has 1 aromatic heterocycles. The molecule has 0 amide bonds. The molecule has 31 heavy (non-hydrogen) atoms. The summed E-state index contributed by atoms with van der Waals surface area (Å²) in [5, 5.41) is 9.53. The third kappa shape index (κ3) is 8.28. The number of aromatic carboxylic acids is 1. The molecule has 0 atom stereocenters. The van der Waals surface area contributed by atoms with Crippen LogP contribution in [-0.4, -0.2) is 34.0 Å². The second kappa shape index (κ2) is 14.0. The zero-order valence-electron chi connectivity index (χ0n) is 19.9. The summed E-state index contributed by atoms with van der Waals surface area (Å²) >= 11 is -2.62. The molecule has 0 saturated heterocycles. The van der Waals surface area contributed by atoms with Crippen LogP contribution in [0.5, 0.6) is 0 Å². The fourth-order valence-corrected chi connectivity index (χ4v) is 20.4. The van der Waals surface area contributed by atoms with Gasteiger partial charge in [-0.3, -0.25) is 0 Å². The van der Waals surface area contributed by atoms with E-state index >= 15 is 0 Å². The number of benzene rings is 1. The first kappa shape index (κ1) is 26.0. The van der Waals surface area contributed by atoms with Crippen molar-refractivity contribution in [3.63, 3.8) is 0 Å². The monoisotopic (exact) mass is 534 g/mol. The maximum atomic E-state index is 11.6. The van der Waals surface area contributed by atoms with E-state index in [-0.39, 0.29) is 0 Å². The number of imidazole rings is 1. The number of hydrogen-bond donors (Lipinski definition) is 1. The molecule has 1 N–H and O–H groups in total. The van der Waals surface area contributed by atoms with Crippen molar-refractivity contribution in [2.24, 2.45) is 0 Å². The minimum atomic E-state index is -2.62. The Morgan fingerprint density at radius 3 is 2.29 bits per heavy atom. The van der Waals surface area contributed by atoms with Crippen molar-refractivity contribution < 1.29 is 14.5 Å². The molecule has 1 heterocycles. The van der Waals surface area contributed by atoms with E-state index in [0.717, 1.165) is 13.1 Å². The van der Waals surface area contributed by atoms with Gasteiger partial charge in [0, 0.05) is 0 Å². The Morgan fingerprint density at radius 2 is 1.68 bits per heavy atom. The number of carboxylic acids is 1. The maximum absolute atomic E-state index is 11.6. The quantitative estimate of drug-likeness (QED) is 0.128. The second-order valence-electron chi connectivity index (χ2n) is 8.94. The fourth-order valence-electron chi connectivity index (χ4n) is 4.62. The first-order valence-electron chi connectivity index (χ1n) is 12.4. The first-order valence-corrected chi connectivity index (χ1v) is 19.8. The van der Waals surface area contributed by atoms with Crippen LogP contribution in [0.4, 0.5) is 0 Å². The molecular weight excluding hydrogens is 491 g/mol. The molecule has 0 spiro atoms. The van der Waals surface area contributed by atoms with Crippen molar-refractivity contribution in [3.8, 4) is 0 Å². The molecule has 2 aromatic rings. The van der Waals surface area contributed by atoms with Crippen molar-refractivity contribution >= 4 is 27.9 Å². The summed E-state index contributed by atoms with van der Waals surface area (Å²) in [6, 6.07) is 8.04. The summed E-state index contributed by atoms with van der Waals surface area (Å²) in [5.74, 6) is -0.792. The van der Waals surface area contributed by atoms with Gasteiger partial charge in [-0.1, -0.05) is 0 Å². The van der Waals surface area contributed by atoms with Crippen LogP contribution < -0.4 is 8.15 Å². The fraction of sp³-hybridized carbons (Fsp3) is 0.615. The Kier molecular flexibility index (Phi) is 11.7. The van der Waals surface area contributed by atoms with E-state index in [2.05, 4.69) is 54.7 Å². The van der Waals surface area contributed by atoms with Gasteiger partial charge in [-0.25, -0.2) is 0 Å². The summed E-state index contributed by atoms with van der Waals surface area (Å²) in [6.45, 7) is 8.75. The Labute approximate surface area is 193 Å². The van der Waals surface area contributed by atoms with Gasteiger partial charge in [0.1, 0.15) is 0 Å². The topological polar surface area (TPSA) is 46.1 Å². The first-order chi connectivity index (χ1) is 15.0. The molecule has 4 nitrogen and oxygen atoms in total. The van der Waals surface area contributed by atoms with E-state index in [9.17, 15) is 9.90 Å². The van der Waals surface area contributed by atoms with Crippen LogP contribution in [0.15, 0.2) is 36.8 Å². The molecule has 0 bridgehead atoms. The van der Waals surface area contributed by atoms with Gasteiger partial charge in [-0.05, 0) is 0 Å². The molecule has 5 heteroatoms. The van der Waals surface area contributed by atoms with Gasteiger partial charge >= 0.3 is 194 Å². The molecule has 0 fully saturated rings. The third-order valence-electron chi connectivity index (χ3n) is 6.58. The number of hydrogen-bond acceptors (Lipinski definition) is 1. The van der Waals surface area contributed by atoms with E-state index < -0.39 is 24.3 Å². The number of nitrogens with zero attached hydrogens (tertiary/aromatic N) is 2. The van der Waals surface area contributed by atoms with Gasteiger partial charge in [0.15, 0.2) is 0 Å². The van der Waals surface area contributed by atoms with E-state index in [1.54, 1.807) is 6.07 Å². The minimum absolute atomic E-state index is 0.472. The number of aromatic nitrogens is 2. The van der Waals surface area contributed by atoms with Gasteiger partial charge in [0.2, 0.25) is 0 Å². The van der Waals surface area contributed by atoms with Gasteiger partial charge in [0.05, 0.1) is 0 Å². The van der Waals surface area contributed by atoms with Crippen molar-refractivity contribution in [1.82, 2.24) is 4.57 Å². The number of carboxylic acid groups (broad SMARTS) is 1. The molecule has 2 rings (SSSR count). The second-order valence-corrected chi connectivity index (χ2v) is 22.2. The van der Waals surface area contributed by atoms with Gasteiger partial charge in [-0.15, -0.1) is 0 Å². The molecular formula is C26H42N2O2Sn. The summed E-state index contributed by atoms with van der Waals surface area (Å²) in [7, 11) is 0. The van der Waals surface area contributed by atoms with Crippen molar-refractivity contribution in [2.45, 2.75) is 98.5 Å². The van der Waals surface area contributed by atoms with E-state index in [1.165, 1.54) is 68.3 Å². The molecule has 1 aromatic carbocycles. The predicted molar refractivity (Wildman–Crippen MR) is 131 cm³/mol. The van der Waals surface area contributed by atoms with E-state index in [4.69, 9.17) is 0 Å². The van der Waals surface area contributed by atoms with Gasteiger partial charge in [0.25, 0.3) is 0 Å². The Bertz CT molecular complexity index is 779. The number of unbranched alkanes of at least 4 members (excludes halogenated alkanes) is 5. The average molecular weight is 533 g/mol. The molecule has 0 radical (unpaired) electrons. The van der Waals surface area contributed by atoms with Crippen molar-refractivity contribution in [3.05, 3.63) is 48.5 Å². The van der Waals surface area contributed by atoms with Crippen LogP contribution >= 0.6 is 0 Å².